The average Bonchev–Trinajstić information content (AvgIpc) is 2.73. The van der Waals surface area contributed by atoms with E-state index in [1.807, 2.05) is 29.9 Å². The largest absolute Gasteiger partial charge is 0.386 e. The topological polar surface area (TPSA) is 48.3 Å². The Labute approximate surface area is 99.2 Å². The summed E-state index contributed by atoms with van der Waals surface area (Å²) in [6.45, 7) is 3.57. The number of rotatable bonds is 1. The maximum atomic E-state index is 11.6. The Morgan fingerprint density at radius 3 is 2.53 bits per heavy atom. The van der Waals surface area contributed by atoms with Crippen molar-refractivity contribution in [3.8, 4) is 0 Å². The van der Waals surface area contributed by atoms with Crippen LogP contribution < -0.4 is 0 Å². The minimum atomic E-state index is -0.576. The van der Waals surface area contributed by atoms with Crippen molar-refractivity contribution in [2.75, 3.05) is 0 Å². The second kappa shape index (κ2) is 4.05. The molecule has 0 saturated carbocycles. The number of carbonyl (C=O) groups excluding carboxylic acids is 2. The molecule has 1 aromatic rings. The van der Waals surface area contributed by atoms with E-state index in [9.17, 15) is 9.59 Å². The molecule has 1 aromatic heterocycles. The normalized spacial score (nSPS) is 17.8. The van der Waals surface area contributed by atoms with E-state index in [2.05, 4.69) is 4.74 Å². The predicted molar refractivity (Wildman–Crippen MR) is 62.9 cm³/mol. The van der Waals surface area contributed by atoms with Crippen LogP contribution in [0.4, 0.5) is 0 Å². The molecule has 1 saturated heterocycles. The lowest BCUT2D eigenvalue weighted by Gasteiger charge is -1.99. The molecule has 0 aromatic carbocycles. The Morgan fingerprint density at radius 1 is 1.29 bits per heavy atom. The van der Waals surface area contributed by atoms with Gasteiger partial charge in [-0.3, -0.25) is 0 Å². The molecule has 0 amide bonds. The first kappa shape index (κ1) is 11.4. The van der Waals surface area contributed by atoms with Crippen LogP contribution in [0.25, 0.3) is 6.08 Å². The van der Waals surface area contributed by atoms with E-state index in [1.54, 1.807) is 19.9 Å². The summed E-state index contributed by atoms with van der Waals surface area (Å²) in [5.41, 5.74) is 2.33. The van der Waals surface area contributed by atoms with Gasteiger partial charge in [0.2, 0.25) is 0 Å². The van der Waals surface area contributed by atoms with Crippen LogP contribution in [-0.2, 0) is 21.4 Å². The number of nitrogens with zero attached hydrogens (tertiary/aromatic N) is 1. The highest BCUT2D eigenvalue weighted by molar-refractivity contribution is 6.20. The first-order valence-corrected chi connectivity index (χ1v) is 5.28. The summed E-state index contributed by atoms with van der Waals surface area (Å²) >= 11 is 0. The molecule has 0 unspecified atom stereocenters. The number of hydrogen-bond acceptors (Lipinski definition) is 3. The van der Waals surface area contributed by atoms with E-state index in [0.29, 0.717) is 11.1 Å². The summed E-state index contributed by atoms with van der Waals surface area (Å²) in [5.74, 6) is -1.14. The Hall–Kier alpha value is -2.10. The highest BCUT2D eigenvalue weighted by Crippen LogP contribution is 2.27. The van der Waals surface area contributed by atoms with Crippen molar-refractivity contribution in [2.24, 2.45) is 7.05 Å². The Kier molecular flexibility index (Phi) is 2.71. The molecule has 2 rings (SSSR count). The molecule has 0 N–H and O–H groups in total. The van der Waals surface area contributed by atoms with E-state index in [4.69, 9.17) is 0 Å². The maximum absolute atomic E-state index is 11.6. The third-order valence-corrected chi connectivity index (χ3v) is 2.65. The number of cyclic esters (lactones) is 2. The molecular weight excluding hydrogens is 218 g/mol. The van der Waals surface area contributed by atoms with Crippen molar-refractivity contribution >= 4 is 18.0 Å². The van der Waals surface area contributed by atoms with Crippen LogP contribution in [0.5, 0.6) is 0 Å². The van der Waals surface area contributed by atoms with Gasteiger partial charge in [-0.05, 0) is 32.1 Å². The summed E-state index contributed by atoms with van der Waals surface area (Å²) in [7, 11) is 1.87. The van der Waals surface area contributed by atoms with Gasteiger partial charge in [0.25, 0.3) is 0 Å². The first-order chi connectivity index (χ1) is 8.00. The third kappa shape index (κ3) is 1.93. The fraction of sp³-hybridized carbons (Fsp3) is 0.231. The molecule has 2 heterocycles. The van der Waals surface area contributed by atoms with Gasteiger partial charge < -0.3 is 9.30 Å². The molecule has 4 nitrogen and oxygen atoms in total. The van der Waals surface area contributed by atoms with Gasteiger partial charge in [-0.1, -0.05) is 5.57 Å². The highest BCUT2D eigenvalue weighted by atomic mass is 16.6. The molecule has 1 aliphatic rings. The van der Waals surface area contributed by atoms with Gasteiger partial charge in [0.15, 0.2) is 0 Å². The molecular formula is C13H13NO3. The van der Waals surface area contributed by atoms with Gasteiger partial charge in [0.1, 0.15) is 0 Å². The molecule has 0 bridgehead atoms. The van der Waals surface area contributed by atoms with Crippen LogP contribution in [-0.4, -0.2) is 16.5 Å². The van der Waals surface area contributed by atoms with Crippen LogP contribution in [0.15, 0.2) is 35.0 Å². The zero-order chi connectivity index (χ0) is 12.6. The molecule has 4 heteroatoms. The van der Waals surface area contributed by atoms with Crippen molar-refractivity contribution in [2.45, 2.75) is 13.8 Å². The van der Waals surface area contributed by atoms with E-state index < -0.39 is 11.9 Å². The summed E-state index contributed by atoms with van der Waals surface area (Å²) in [6.07, 6.45) is 3.55. The van der Waals surface area contributed by atoms with Crippen molar-refractivity contribution in [1.82, 2.24) is 4.57 Å². The second-order valence-electron chi connectivity index (χ2n) is 4.15. The molecule has 1 aliphatic heterocycles. The van der Waals surface area contributed by atoms with Gasteiger partial charge in [-0.25, -0.2) is 9.59 Å². The van der Waals surface area contributed by atoms with Crippen molar-refractivity contribution in [1.29, 1.82) is 0 Å². The lowest BCUT2D eigenvalue weighted by molar-refractivity contribution is -0.149. The van der Waals surface area contributed by atoms with E-state index >= 15 is 0 Å². The van der Waals surface area contributed by atoms with Gasteiger partial charge in [0.05, 0.1) is 11.1 Å². The molecule has 0 spiro atoms. The number of aryl methyl sites for hydroxylation is 1. The highest BCUT2D eigenvalue weighted by Gasteiger charge is 2.34. The number of ether oxygens (including phenoxy) is 1. The molecule has 0 atom stereocenters. The Balaban J connectivity index is 2.54. The fourth-order valence-electron chi connectivity index (χ4n) is 1.78. The van der Waals surface area contributed by atoms with Crippen LogP contribution in [0.2, 0.25) is 0 Å². The van der Waals surface area contributed by atoms with Crippen LogP contribution >= 0.6 is 0 Å². The molecule has 0 radical (unpaired) electrons. The number of hydrogen-bond donors (Lipinski definition) is 0. The van der Waals surface area contributed by atoms with Gasteiger partial charge in [0, 0.05) is 18.9 Å². The zero-order valence-electron chi connectivity index (χ0n) is 9.98. The SMILES string of the molecule is CC(C)=C1C(=O)OC(=O)C1=Cc1cccn1C. The quantitative estimate of drug-likeness (QED) is 0.421. The third-order valence-electron chi connectivity index (χ3n) is 2.65. The Morgan fingerprint density at radius 2 is 2.00 bits per heavy atom. The van der Waals surface area contributed by atoms with E-state index in [1.165, 1.54) is 0 Å². The van der Waals surface area contributed by atoms with Crippen LogP contribution in [0.1, 0.15) is 19.5 Å². The fourth-order valence-corrected chi connectivity index (χ4v) is 1.78. The number of allylic oxidation sites excluding steroid dienone is 1. The molecule has 88 valence electrons. The second-order valence-corrected chi connectivity index (χ2v) is 4.15. The number of carbonyl (C=O) groups is 2. The van der Waals surface area contributed by atoms with E-state index in [-0.39, 0.29) is 0 Å². The van der Waals surface area contributed by atoms with Gasteiger partial charge in [-0.15, -0.1) is 0 Å². The van der Waals surface area contributed by atoms with Crippen LogP contribution in [0, 0.1) is 0 Å². The summed E-state index contributed by atoms with van der Waals surface area (Å²) in [5, 5.41) is 0. The first-order valence-electron chi connectivity index (χ1n) is 5.28. The minimum Gasteiger partial charge on any atom is -0.386 e. The maximum Gasteiger partial charge on any atom is 0.346 e. The smallest absolute Gasteiger partial charge is 0.346 e. The lowest BCUT2D eigenvalue weighted by atomic mass is 10.0. The van der Waals surface area contributed by atoms with Crippen molar-refractivity contribution < 1.29 is 14.3 Å². The van der Waals surface area contributed by atoms with Crippen molar-refractivity contribution in [3.63, 3.8) is 0 Å². The van der Waals surface area contributed by atoms with Crippen LogP contribution in [0.3, 0.4) is 0 Å². The molecule has 17 heavy (non-hydrogen) atoms. The monoisotopic (exact) mass is 231 g/mol. The summed E-state index contributed by atoms with van der Waals surface area (Å²) < 4.78 is 6.49. The molecule has 0 aliphatic carbocycles. The zero-order valence-corrected chi connectivity index (χ0v) is 9.98. The van der Waals surface area contributed by atoms with Crippen molar-refractivity contribution in [3.05, 3.63) is 40.7 Å². The number of esters is 2. The summed E-state index contributed by atoms with van der Waals surface area (Å²) in [4.78, 5) is 23.1. The van der Waals surface area contributed by atoms with Gasteiger partial charge in [-0.2, -0.15) is 0 Å². The lowest BCUT2D eigenvalue weighted by Crippen LogP contribution is -1.97. The average molecular weight is 231 g/mol. The Bertz CT molecular complexity index is 557. The number of aromatic nitrogens is 1. The minimum absolute atomic E-state index is 0.330. The van der Waals surface area contributed by atoms with E-state index in [0.717, 1.165) is 11.3 Å². The van der Waals surface area contributed by atoms with Gasteiger partial charge >= 0.3 is 11.9 Å². The predicted octanol–water partition coefficient (Wildman–Crippen LogP) is 1.83. The standard InChI is InChI=1S/C13H13NO3/c1-8(2)11-10(12(15)17-13(11)16)7-9-5-4-6-14(9)3/h4-7H,1-3H3. The summed E-state index contributed by atoms with van der Waals surface area (Å²) in [6, 6.07) is 3.74. The molecule has 1 fully saturated rings.